The normalized spacial score (nSPS) is 18.5. The van der Waals surface area contributed by atoms with Crippen LogP contribution in [0.4, 0.5) is 0 Å². The van der Waals surface area contributed by atoms with Gasteiger partial charge in [0.2, 0.25) is 5.91 Å². The van der Waals surface area contributed by atoms with Crippen molar-refractivity contribution in [3.8, 4) is 0 Å². The average Bonchev–Trinajstić information content (AvgIpc) is 2.29. The Bertz CT molecular complexity index is 268. The molecular formula is C14H29N3O2. The van der Waals surface area contributed by atoms with E-state index < -0.39 is 0 Å². The molecule has 1 aliphatic heterocycles. The van der Waals surface area contributed by atoms with Crippen molar-refractivity contribution in [1.82, 2.24) is 10.2 Å². The minimum absolute atomic E-state index is 0.106. The number of carbonyl (C=O) groups is 1. The number of carbonyl (C=O) groups excluding carboxylic acids is 1. The first-order valence-corrected chi connectivity index (χ1v) is 7.26. The summed E-state index contributed by atoms with van der Waals surface area (Å²) in [6.45, 7) is 9.81. The van der Waals surface area contributed by atoms with Crippen LogP contribution in [-0.2, 0) is 9.53 Å². The van der Waals surface area contributed by atoms with E-state index in [-0.39, 0.29) is 11.4 Å². The van der Waals surface area contributed by atoms with Crippen LogP contribution < -0.4 is 11.1 Å². The molecule has 1 amide bonds. The Balaban J connectivity index is 2.17. The van der Waals surface area contributed by atoms with E-state index >= 15 is 0 Å². The SMILES string of the molecule is CC(C)(C)NC(=O)CN1CCC(OCCCN)CC1. The van der Waals surface area contributed by atoms with Gasteiger partial charge in [0.25, 0.3) is 0 Å². The summed E-state index contributed by atoms with van der Waals surface area (Å²) in [5.74, 6) is 0.106. The number of nitrogens with zero attached hydrogens (tertiary/aromatic N) is 1. The van der Waals surface area contributed by atoms with Gasteiger partial charge >= 0.3 is 0 Å². The molecule has 3 N–H and O–H groups in total. The molecule has 0 bridgehead atoms. The predicted octanol–water partition coefficient (Wildman–Crippen LogP) is 0.731. The maximum absolute atomic E-state index is 11.8. The summed E-state index contributed by atoms with van der Waals surface area (Å²) in [5.41, 5.74) is 5.29. The number of nitrogens with one attached hydrogen (secondary N) is 1. The predicted molar refractivity (Wildman–Crippen MR) is 77.0 cm³/mol. The Morgan fingerprint density at radius 1 is 1.37 bits per heavy atom. The quantitative estimate of drug-likeness (QED) is 0.699. The van der Waals surface area contributed by atoms with E-state index in [0.717, 1.165) is 39.0 Å². The molecule has 0 atom stereocenters. The number of likely N-dealkylation sites (tertiary alicyclic amines) is 1. The van der Waals surface area contributed by atoms with E-state index in [1.54, 1.807) is 0 Å². The first-order chi connectivity index (χ1) is 8.90. The van der Waals surface area contributed by atoms with Gasteiger partial charge in [-0.05, 0) is 46.6 Å². The summed E-state index contributed by atoms with van der Waals surface area (Å²) in [6, 6.07) is 0. The zero-order chi connectivity index (χ0) is 14.3. The molecular weight excluding hydrogens is 242 g/mol. The van der Waals surface area contributed by atoms with Crippen molar-refractivity contribution in [3.63, 3.8) is 0 Å². The summed E-state index contributed by atoms with van der Waals surface area (Å²) < 4.78 is 5.75. The standard InChI is InChI=1S/C14H29N3O2/c1-14(2,3)16-13(18)11-17-8-5-12(6-9-17)19-10-4-7-15/h12H,4-11,15H2,1-3H3,(H,16,18). The Labute approximate surface area is 116 Å². The Hall–Kier alpha value is -0.650. The molecule has 5 heteroatoms. The van der Waals surface area contributed by atoms with Gasteiger partial charge in [0.15, 0.2) is 0 Å². The number of hydrogen-bond donors (Lipinski definition) is 2. The molecule has 19 heavy (non-hydrogen) atoms. The first kappa shape index (κ1) is 16.4. The zero-order valence-electron chi connectivity index (χ0n) is 12.6. The number of ether oxygens (including phenoxy) is 1. The van der Waals surface area contributed by atoms with Gasteiger partial charge in [-0.25, -0.2) is 0 Å². The van der Waals surface area contributed by atoms with E-state index in [2.05, 4.69) is 10.2 Å². The highest BCUT2D eigenvalue weighted by Crippen LogP contribution is 2.13. The highest BCUT2D eigenvalue weighted by molar-refractivity contribution is 5.78. The van der Waals surface area contributed by atoms with E-state index in [1.807, 2.05) is 20.8 Å². The van der Waals surface area contributed by atoms with Crippen LogP contribution in [0.2, 0.25) is 0 Å². The molecule has 1 saturated heterocycles. The van der Waals surface area contributed by atoms with Crippen molar-refractivity contribution in [3.05, 3.63) is 0 Å². The number of amides is 1. The summed E-state index contributed by atoms with van der Waals surface area (Å²) in [7, 11) is 0. The molecule has 0 aliphatic carbocycles. The summed E-state index contributed by atoms with van der Waals surface area (Å²) in [6.07, 6.45) is 3.28. The second-order valence-corrected chi connectivity index (χ2v) is 6.29. The maximum Gasteiger partial charge on any atom is 0.234 e. The van der Waals surface area contributed by atoms with Crippen LogP contribution >= 0.6 is 0 Å². The van der Waals surface area contributed by atoms with Crippen LogP contribution in [0.15, 0.2) is 0 Å². The van der Waals surface area contributed by atoms with E-state index in [4.69, 9.17) is 10.5 Å². The number of nitrogens with two attached hydrogens (primary N) is 1. The maximum atomic E-state index is 11.8. The monoisotopic (exact) mass is 271 g/mol. The molecule has 1 fully saturated rings. The molecule has 0 unspecified atom stereocenters. The van der Waals surface area contributed by atoms with Crippen LogP contribution in [0.1, 0.15) is 40.0 Å². The molecule has 1 heterocycles. The number of rotatable bonds is 6. The lowest BCUT2D eigenvalue weighted by molar-refractivity contribution is -0.124. The van der Waals surface area contributed by atoms with E-state index in [9.17, 15) is 4.79 Å². The van der Waals surface area contributed by atoms with Gasteiger partial charge in [-0.15, -0.1) is 0 Å². The topological polar surface area (TPSA) is 67.6 Å². The molecule has 112 valence electrons. The Morgan fingerprint density at radius 3 is 2.53 bits per heavy atom. The second-order valence-electron chi connectivity index (χ2n) is 6.29. The molecule has 0 radical (unpaired) electrons. The van der Waals surface area contributed by atoms with Crippen molar-refractivity contribution in [2.45, 2.75) is 51.7 Å². The molecule has 0 aromatic heterocycles. The van der Waals surface area contributed by atoms with Gasteiger partial charge in [-0.1, -0.05) is 0 Å². The van der Waals surface area contributed by atoms with Crippen molar-refractivity contribution >= 4 is 5.91 Å². The van der Waals surface area contributed by atoms with Crippen LogP contribution in [-0.4, -0.2) is 55.2 Å². The Morgan fingerprint density at radius 2 is 2.00 bits per heavy atom. The lowest BCUT2D eigenvalue weighted by atomic mass is 10.1. The van der Waals surface area contributed by atoms with Gasteiger partial charge in [-0.3, -0.25) is 9.69 Å². The fourth-order valence-corrected chi connectivity index (χ4v) is 2.23. The molecule has 0 saturated carbocycles. The van der Waals surface area contributed by atoms with E-state index in [0.29, 0.717) is 19.2 Å². The molecule has 0 aromatic carbocycles. The van der Waals surface area contributed by atoms with Crippen LogP contribution in [0.3, 0.4) is 0 Å². The van der Waals surface area contributed by atoms with Crippen molar-refractivity contribution < 1.29 is 9.53 Å². The fourth-order valence-electron chi connectivity index (χ4n) is 2.23. The zero-order valence-corrected chi connectivity index (χ0v) is 12.6. The highest BCUT2D eigenvalue weighted by atomic mass is 16.5. The van der Waals surface area contributed by atoms with Crippen LogP contribution in [0.5, 0.6) is 0 Å². The Kier molecular flexibility index (Phi) is 6.75. The third-order valence-electron chi connectivity index (χ3n) is 3.12. The van der Waals surface area contributed by atoms with Crippen molar-refractivity contribution in [1.29, 1.82) is 0 Å². The minimum atomic E-state index is -0.152. The molecule has 5 nitrogen and oxygen atoms in total. The van der Waals surface area contributed by atoms with E-state index in [1.165, 1.54) is 0 Å². The molecule has 0 aromatic rings. The second kappa shape index (κ2) is 7.82. The summed E-state index contributed by atoms with van der Waals surface area (Å²) >= 11 is 0. The van der Waals surface area contributed by atoms with Crippen molar-refractivity contribution in [2.24, 2.45) is 5.73 Å². The fraction of sp³-hybridized carbons (Fsp3) is 0.929. The lowest BCUT2D eigenvalue weighted by Gasteiger charge is -2.32. The molecule has 0 spiro atoms. The third-order valence-corrected chi connectivity index (χ3v) is 3.12. The summed E-state index contributed by atoms with van der Waals surface area (Å²) in [4.78, 5) is 14.0. The smallest absolute Gasteiger partial charge is 0.234 e. The van der Waals surface area contributed by atoms with Crippen molar-refractivity contribution in [2.75, 3.05) is 32.8 Å². The largest absolute Gasteiger partial charge is 0.378 e. The number of piperidine rings is 1. The minimum Gasteiger partial charge on any atom is -0.378 e. The van der Waals surface area contributed by atoms with Gasteiger partial charge in [-0.2, -0.15) is 0 Å². The molecule has 1 aliphatic rings. The summed E-state index contributed by atoms with van der Waals surface area (Å²) in [5, 5.41) is 2.99. The lowest BCUT2D eigenvalue weighted by Crippen LogP contribution is -2.48. The third kappa shape index (κ3) is 7.50. The van der Waals surface area contributed by atoms with Gasteiger partial charge in [0.1, 0.15) is 0 Å². The number of hydrogen-bond acceptors (Lipinski definition) is 4. The van der Waals surface area contributed by atoms with Gasteiger partial charge in [0.05, 0.1) is 12.6 Å². The average molecular weight is 271 g/mol. The first-order valence-electron chi connectivity index (χ1n) is 7.26. The van der Waals surface area contributed by atoms with Crippen LogP contribution in [0, 0.1) is 0 Å². The van der Waals surface area contributed by atoms with Crippen LogP contribution in [0.25, 0.3) is 0 Å². The molecule has 1 rings (SSSR count). The van der Waals surface area contributed by atoms with Gasteiger partial charge < -0.3 is 15.8 Å². The highest BCUT2D eigenvalue weighted by Gasteiger charge is 2.22. The van der Waals surface area contributed by atoms with Gasteiger partial charge in [0, 0.05) is 25.2 Å².